The van der Waals surface area contributed by atoms with Gasteiger partial charge in [-0.15, -0.1) is 0 Å². The molecule has 1 aliphatic carbocycles. The Hall–Kier alpha value is -2.45. The molecule has 1 aromatic rings. The summed E-state index contributed by atoms with van der Waals surface area (Å²) in [6.07, 6.45) is -2.85. The first kappa shape index (κ1) is 18.9. The molecule has 3 aliphatic rings. The Kier molecular flexibility index (Phi) is 4.84. The summed E-state index contributed by atoms with van der Waals surface area (Å²) in [5.74, 6) is -1.82. The maximum Gasteiger partial charge on any atom is 0.393 e. The molecule has 1 aromatic carbocycles. The van der Waals surface area contributed by atoms with E-state index < -0.39 is 30.0 Å². The number of fused-ring (bicyclic) bond motifs is 1. The van der Waals surface area contributed by atoms with Crippen molar-refractivity contribution in [2.24, 2.45) is 11.8 Å². The smallest absolute Gasteiger partial charge is 0.393 e. The van der Waals surface area contributed by atoms with Gasteiger partial charge in [-0.25, -0.2) is 0 Å². The highest BCUT2D eigenvalue weighted by molar-refractivity contribution is 6.00. The fraction of sp³-hybridized carbons (Fsp3) is 0.579. The number of carbonyl (C=O) groups is 2. The molecule has 1 saturated heterocycles. The van der Waals surface area contributed by atoms with Crippen LogP contribution in [0, 0.1) is 11.8 Å². The van der Waals surface area contributed by atoms with Crippen molar-refractivity contribution in [1.82, 2.24) is 5.32 Å². The molecule has 0 radical (unpaired) electrons. The summed E-state index contributed by atoms with van der Waals surface area (Å²) in [7, 11) is 0. The summed E-state index contributed by atoms with van der Waals surface area (Å²) >= 11 is 0. The number of benzene rings is 1. The predicted octanol–water partition coefficient (Wildman–Crippen LogP) is 3.01. The van der Waals surface area contributed by atoms with E-state index in [2.05, 4.69) is 5.32 Å². The lowest BCUT2D eigenvalue weighted by Crippen LogP contribution is -2.49. The molecule has 1 saturated carbocycles. The normalized spacial score (nSPS) is 27.2. The van der Waals surface area contributed by atoms with E-state index in [-0.39, 0.29) is 32.1 Å². The van der Waals surface area contributed by atoms with Crippen LogP contribution in [0.15, 0.2) is 18.2 Å². The second-order valence-corrected chi connectivity index (χ2v) is 7.49. The van der Waals surface area contributed by atoms with Crippen LogP contribution < -0.4 is 19.7 Å². The second-order valence-electron chi connectivity index (χ2n) is 7.49. The maximum atomic E-state index is 13.2. The molecule has 1 N–H and O–H groups in total. The summed E-state index contributed by atoms with van der Waals surface area (Å²) in [6.45, 7) is 0.243. The number of halogens is 3. The van der Waals surface area contributed by atoms with Crippen LogP contribution >= 0.6 is 0 Å². The van der Waals surface area contributed by atoms with Gasteiger partial charge in [-0.2, -0.15) is 13.2 Å². The molecule has 0 spiro atoms. The first-order chi connectivity index (χ1) is 13.3. The quantitative estimate of drug-likeness (QED) is 0.850. The number of nitrogens with one attached hydrogen (secondary N) is 1. The molecule has 2 fully saturated rings. The number of hydrogen-bond donors (Lipinski definition) is 1. The van der Waals surface area contributed by atoms with Gasteiger partial charge in [0.25, 0.3) is 0 Å². The zero-order chi connectivity index (χ0) is 19.9. The Morgan fingerprint density at radius 3 is 2.68 bits per heavy atom. The molecule has 6 nitrogen and oxygen atoms in total. The summed E-state index contributed by atoms with van der Waals surface area (Å²) in [4.78, 5) is 26.5. The first-order valence-corrected chi connectivity index (χ1v) is 9.40. The lowest BCUT2D eigenvalue weighted by molar-refractivity contribution is -0.189. The van der Waals surface area contributed by atoms with Crippen LogP contribution in [0.1, 0.15) is 32.1 Å². The molecule has 9 heteroatoms. The molecule has 2 aliphatic heterocycles. The largest absolute Gasteiger partial charge is 0.454 e. The molecule has 152 valence electrons. The molecule has 4 rings (SSSR count). The number of rotatable bonds is 3. The van der Waals surface area contributed by atoms with Crippen molar-refractivity contribution in [2.75, 3.05) is 18.2 Å². The number of carbonyl (C=O) groups excluding carboxylic acids is 2. The van der Waals surface area contributed by atoms with E-state index >= 15 is 0 Å². The van der Waals surface area contributed by atoms with E-state index in [1.165, 1.54) is 4.90 Å². The van der Waals surface area contributed by atoms with Gasteiger partial charge in [0.2, 0.25) is 18.6 Å². The van der Waals surface area contributed by atoms with Crippen molar-refractivity contribution < 1.29 is 32.2 Å². The van der Waals surface area contributed by atoms with Gasteiger partial charge in [0.1, 0.15) is 0 Å². The van der Waals surface area contributed by atoms with Crippen LogP contribution in [0.4, 0.5) is 18.9 Å². The van der Waals surface area contributed by atoms with Crippen LogP contribution in [0.3, 0.4) is 0 Å². The predicted molar refractivity (Wildman–Crippen MR) is 93.0 cm³/mol. The van der Waals surface area contributed by atoms with Crippen molar-refractivity contribution in [3.63, 3.8) is 0 Å². The molecule has 2 heterocycles. The molecular formula is C19H21F3N2O4. The number of nitrogens with zero attached hydrogens (tertiary/aromatic N) is 1. The van der Waals surface area contributed by atoms with Crippen molar-refractivity contribution in [1.29, 1.82) is 0 Å². The van der Waals surface area contributed by atoms with Crippen LogP contribution in [-0.4, -0.2) is 37.4 Å². The van der Waals surface area contributed by atoms with Gasteiger partial charge in [0, 0.05) is 30.8 Å². The van der Waals surface area contributed by atoms with E-state index in [1.807, 2.05) is 0 Å². The second kappa shape index (κ2) is 7.18. The first-order valence-electron chi connectivity index (χ1n) is 9.40. The highest BCUT2D eigenvalue weighted by Crippen LogP contribution is 2.39. The van der Waals surface area contributed by atoms with E-state index in [9.17, 15) is 22.8 Å². The average Bonchev–Trinajstić information content (AvgIpc) is 3.27. The summed E-state index contributed by atoms with van der Waals surface area (Å²) in [6, 6.07) is 4.14. The fourth-order valence-corrected chi connectivity index (χ4v) is 4.18. The van der Waals surface area contributed by atoms with Gasteiger partial charge in [0.15, 0.2) is 11.5 Å². The SMILES string of the molecule is O=C(NC1CCCCC1C(F)(F)F)C1CC(=O)N(c2ccc3c(c2)OCO3)C1. The topological polar surface area (TPSA) is 67.9 Å². The number of alkyl halides is 3. The van der Waals surface area contributed by atoms with Gasteiger partial charge in [-0.3, -0.25) is 9.59 Å². The number of hydrogen-bond acceptors (Lipinski definition) is 4. The van der Waals surface area contributed by atoms with Gasteiger partial charge in [0.05, 0.1) is 11.8 Å². The molecule has 0 aromatic heterocycles. The molecule has 3 atom stereocenters. The van der Waals surface area contributed by atoms with Gasteiger partial charge in [-0.1, -0.05) is 12.8 Å². The third-order valence-electron chi connectivity index (χ3n) is 5.68. The standard InChI is InChI=1S/C19H21F3N2O4/c20-19(21,22)13-3-1-2-4-14(13)23-18(26)11-7-17(25)24(9-11)12-5-6-15-16(8-12)28-10-27-15/h5-6,8,11,13-14H,1-4,7,9-10H2,(H,23,26). The van der Waals surface area contributed by atoms with Crippen molar-refractivity contribution in [2.45, 2.75) is 44.3 Å². The lowest BCUT2D eigenvalue weighted by atomic mass is 9.83. The molecular weight excluding hydrogens is 377 g/mol. The highest BCUT2D eigenvalue weighted by Gasteiger charge is 2.47. The Labute approximate surface area is 160 Å². The van der Waals surface area contributed by atoms with Gasteiger partial charge >= 0.3 is 6.18 Å². The highest BCUT2D eigenvalue weighted by atomic mass is 19.4. The summed E-state index contributed by atoms with van der Waals surface area (Å²) in [5, 5.41) is 2.57. The third kappa shape index (κ3) is 3.62. The van der Waals surface area contributed by atoms with Crippen molar-refractivity contribution in [3.8, 4) is 11.5 Å². The Morgan fingerprint density at radius 2 is 1.89 bits per heavy atom. The molecule has 0 bridgehead atoms. The maximum absolute atomic E-state index is 13.2. The molecule has 28 heavy (non-hydrogen) atoms. The Balaban J connectivity index is 1.42. The minimum absolute atomic E-state index is 0.0241. The molecule has 2 amide bonds. The average molecular weight is 398 g/mol. The van der Waals surface area contributed by atoms with Gasteiger partial charge < -0.3 is 19.7 Å². The minimum Gasteiger partial charge on any atom is -0.454 e. The summed E-state index contributed by atoms with van der Waals surface area (Å²) < 4.78 is 50.3. The van der Waals surface area contributed by atoms with E-state index in [4.69, 9.17) is 9.47 Å². The van der Waals surface area contributed by atoms with Crippen LogP contribution in [0.25, 0.3) is 0 Å². The number of anilines is 1. The fourth-order valence-electron chi connectivity index (χ4n) is 4.18. The van der Waals surface area contributed by atoms with Crippen molar-refractivity contribution in [3.05, 3.63) is 18.2 Å². The lowest BCUT2D eigenvalue weighted by Gasteiger charge is -2.34. The zero-order valence-corrected chi connectivity index (χ0v) is 15.1. The van der Waals surface area contributed by atoms with Crippen LogP contribution in [-0.2, 0) is 9.59 Å². The van der Waals surface area contributed by atoms with E-state index in [1.54, 1.807) is 18.2 Å². The monoisotopic (exact) mass is 398 g/mol. The van der Waals surface area contributed by atoms with E-state index in [0.717, 1.165) is 0 Å². The minimum atomic E-state index is -4.33. The van der Waals surface area contributed by atoms with Crippen LogP contribution in [0.2, 0.25) is 0 Å². The van der Waals surface area contributed by atoms with Crippen molar-refractivity contribution >= 4 is 17.5 Å². The summed E-state index contributed by atoms with van der Waals surface area (Å²) in [5.41, 5.74) is 0.579. The van der Waals surface area contributed by atoms with Gasteiger partial charge in [-0.05, 0) is 25.0 Å². The number of amides is 2. The Morgan fingerprint density at radius 1 is 1.14 bits per heavy atom. The Bertz CT molecular complexity index is 783. The van der Waals surface area contributed by atoms with Crippen LogP contribution in [0.5, 0.6) is 11.5 Å². The zero-order valence-electron chi connectivity index (χ0n) is 15.1. The van der Waals surface area contributed by atoms with E-state index in [0.29, 0.717) is 36.4 Å². The number of ether oxygens (including phenoxy) is 2. The molecule has 3 unspecified atom stereocenters. The third-order valence-corrected chi connectivity index (χ3v) is 5.68.